The highest BCUT2D eigenvalue weighted by atomic mass is 35.5. The third kappa shape index (κ3) is 1.41. The molecule has 0 saturated heterocycles. The summed E-state index contributed by atoms with van der Waals surface area (Å²) in [6.45, 7) is 0. The van der Waals surface area contributed by atoms with Crippen molar-refractivity contribution in [2.24, 2.45) is 0 Å². The number of halogens is 1. The highest BCUT2D eigenvalue weighted by Crippen LogP contribution is 2.25. The minimum atomic E-state index is 0.860. The zero-order valence-corrected chi connectivity index (χ0v) is 7.06. The van der Waals surface area contributed by atoms with E-state index in [1.165, 1.54) is 30.4 Å². The Hall–Kier alpha value is -0.490. The van der Waals surface area contributed by atoms with E-state index < -0.39 is 0 Å². The Balaban J connectivity index is 2.43. The molecule has 0 aliphatic heterocycles. The lowest BCUT2D eigenvalue weighted by Gasteiger charge is -2.14. The normalized spacial score (nSPS) is 16.1. The number of hydrogen-bond donors (Lipinski definition) is 0. The van der Waals surface area contributed by atoms with Gasteiger partial charge in [-0.05, 0) is 48.9 Å². The van der Waals surface area contributed by atoms with Gasteiger partial charge in [-0.25, -0.2) is 0 Å². The lowest BCUT2D eigenvalue weighted by molar-refractivity contribution is 0.775. The summed E-state index contributed by atoms with van der Waals surface area (Å²) < 4.78 is 0. The number of hydrogen-bond acceptors (Lipinski definition) is 0. The van der Waals surface area contributed by atoms with Crippen LogP contribution in [0.1, 0.15) is 24.0 Å². The van der Waals surface area contributed by atoms with Crippen molar-refractivity contribution in [1.29, 1.82) is 0 Å². The van der Waals surface area contributed by atoms with Gasteiger partial charge in [0.1, 0.15) is 0 Å². The molecule has 11 heavy (non-hydrogen) atoms. The van der Waals surface area contributed by atoms with E-state index in [1.54, 1.807) is 0 Å². The van der Waals surface area contributed by atoms with Crippen molar-refractivity contribution in [1.82, 2.24) is 0 Å². The second-order valence-electron chi connectivity index (χ2n) is 2.94. The molecule has 0 fully saturated rings. The third-order valence-electron chi connectivity index (χ3n) is 2.12. The monoisotopic (exact) mass is 165 g/mol. The van der Waals surface area contributed by atoms with E-state index >= 15 is 0 Å². The van der Waals surface area contributed by atoms with Gasteiger partial charge in [-0.15, -0.1) is 0 Å². The largest absolute Gasteiger partial charge is 0.0843 e. The first-order valence-corrected chi connectivity index (χ1v) is 4.36. The first kappa shape index (κ1) is 7.17. The number of rotatable bonds is 0. The van der Waals surface area contributed by atoms with Crippen molar-refractivity contribution in [3.63, 3.8) is 0 Å². The maximum atomic E-state index is 5.86. The highest BCUT2D eigenvalue weighted by Gasteiger charge is 2.08. The molecule has 1 aliphatic rings. The highest BCUT2D eigenvalue weighted by molar-refractivity contribution is 6.30. The van der Waals surface area contributed by atoms with E-state index in [9.17, 15) is 0 Å². The van der Waals surface area contributed by atoms with Crippen molar-refractivity contribution < 1.29 is 0 Å². The molecule has 0 bridgehead atoms. The predicted octanol–water partition coefficient (Wildman–Crippen LogP) is 3.23. The molecule has 0 amide bonds. The van der Waals surface area contributed by atoms with Gasteiger partial charge in [0, 0.05) is 5.02 Å². The summed E-state index contributed by atoms with van der Waals surface area (Å²) in [4.78, 5) is 0. The van der Waals surface area contributed by atoms with Crippen LogP contribution in [-0.2, 0) is 6.42 Å². The van der Waals surface area contributed by atoms with Gasteiger partial charge in [0.2, 0.25) is 0 Å². The van der Waals surface area contributed by atoms with Crippen LogP contribution in [0.4, 0.5) is 0 Å². The third-order valence-corrected chi connectivity index (χ3v) is 2.35. The Morgan fingerprint density at radius 2 is 2.18 bits per heavy atom. The minimum absolute atomic E-state index is 0.860. The fourth-order valence-electron chi connectivity index (χ4n) is 1.54. The zero-order valence-electron chi connectivity index (χ0n) is 6.31. The summed E-state index contributed by atoms with van der Waals surface area (Å²) in [5.41, 5.74) is 2.78. The lowest BCUT2D eigenvalue weighted by Crippen LogP contribution is -1.99. The zero-order chi connectivity index (χ0) is 7.68. The van der Waals surface area contributed by atoms with E-state index in [2.05, 4.69) is 18.6 Å². The van der Waals surface area contributed by atoms with E-state index in [0.29, 0.717) is 0 Å². The quantitative estimate of drug-likeness (QED) is 0.554. The SMILES string of the molecule is Clc1ccc2c(c1)CCC[CH]2. The second-order valence-corrected chi connectivity index (χ2v) is 3.38. The Morgan fingerprint density at radius 1 is 1.27 bits per heavy atom. The van der Waals surface area contributed by atoms with Crippen LogP contribution in [0.2, 0.25) is 5.02 Å². The van der Waals surface area contributed by atoms with Gasteiger partial charge in [-0.3, -0.25) is 0 Å². The first-order valence-electron chi connectivity index (χ1n) is 3.98. The van der Waals surface area contributed by atoms with E-state index in [0.717, 1.165) is 5.02 Å². The molecule has 1 heteroatoms. The Labute approximate surface area is 72.2 Å². The van der Waals surface area contributed by atoms with Gasteiger partial charge in [-0.2, -0.15) is 0 Å². The summed E-state index contributed by atoms with van der Waals surface area (Å²) in [5.74, 6) is 0. The summed E-state index contributed by atoms with van der Waals surface area (Å²) in [6, 6.07) is 6.14. The minimum Gasteiger partial charge on any atom is -0.0843 e. The molecule has 0 saturated carbocycles. The van der Waals surface area contributed by atoms with E-state index in [-0.39, 0.29) is 0 Å². The Kier molecular flexibility index (Phi) is 1.87. The van der Waals surface area contributed by atoms with Gasteiger partial charge in [0.15, 0.2) is 0 Å². The molecule has 0 N–H and O–H groups in total. The van der Waals surface area contributed by atoms with Crippen LogP contribution in [0.15, 0.2) is 18.2 Å². The summed E-state index contributed by atoms with van der Waals surface area (Å²) in [5, 5.41) is 0.860. The fraction of sp³-hybridized carbons (Fsp3) is 0.300. The van der Waals surface area contributed by atoms with E-state index in [1.807, 2.05) is 6.07 Å². The van der Waals surface area contributed by atoms with E-state index in [4.69, 9.17) is 11.6 Å². The average Bonchev–Trinajstić information content (AvgIpc) is 2.04. The van der Waals surface area contributed by atoms with Crippen LogP contribution in [0, 0.1) is 6.42 Å². The maximum absolute atomic E-state index is 5.86. The van der Waals surface area contributed by atoms with Crippen molar-refractivity contribution in [2.75, 3.05) is 0 Å². The number of aryl methyl sites for hydroxylation is 1. The first-order chi connectivity index (χ1) is 5.36. The van der Waals surface area contributed by atoms with Gasteiger partial charge in [0.05, 0.1) is 0 Å². The number of benzene rings is 1. The molecular weight excluding hydrogens is 156 g/mol. The van der Waals surface area contributed by atoms with Crippen molar-refractivity contribution in [2.45, 2.75) is 19.3 Å². The van der Waals surface area contributed by atoms with Crippen molar-refractivity contribution in [3.05, 3.63) is 40.8 Å². The summed E-state index contributed by atoms with van der Waals surface area (Å²) in [6.07, 6.45) is 5.96. The maximum Gasteiger partial charge on any atom is 0.0408 e. The molecule has 1 radical (unpaired) electrons. The fourth-order valence-corrected chi connectivity index (χ4v) is 1.73. The lowest BCUT2D eigenvalue weighted by atomic mass is 9.92. The molecule has 0 unspecified atom stereocenters. The van der Waals surface area contributed by atoms with Gasteiger partial charge < -0.3 is 0 Å². The van der Waals surface area contributed by atoms with Gasteiger partial charge >= 0.3 is 0 Å². The Morgan fingerprint density at radius 3 is 3.09 bits per heavy atom. The topological polar surface area (TPSA) is 0 Å². The Bertz CT molecular complexity index is 266. The molecule has 0 heterocycles. The van der Waals surface area contributed by atoms with Crippen LogP contribution < -0.4 is 0 Å². The average molecular weight is 166 g/mol. The molecule has 0 spiro atoms. The summed E-state index contributed by atoms with van der Waals surface area (Å²) in [7, 11) is 0. The number of fused-ring (bicyclic) bond motifs is 1. The second kappa shape index (κ2) is 2.86. The van der Waals surface area contributed by atoms with Crippen molar-refractivity contribution in [3.8, 4) is 0 Å². The van der Waals surface area contributed by atoms with Crippen molar-refractivity contribution >= 4 is 11.6 Å². The van der Waals surface area contributed by atoms with Crippen LogP contribution in [0.3, 0.4) is 0 Å². The molecule has 2 rings (SSSR count). The van der Waals surface area contributed by atoms with Crippen LogP contribution in [-0.4, -0.2) is 0 Å². The molecule has 1 aromatic rings. The summed E-state index contributed by atoms with van der Waals surface area (Å²) >= 11 is 5.86. The molecule has 1 aromatic carbocycles. The smallest absolute Gasteiger partial charge is 0.0408 e. The molecule has 0 aromatic heterocycles. The van der Waals surface area contributed by atoms with Crippen LogP contribution in [0.25, 0.3) is 0 Å². The van der Waals surface area contributed by atoms with Gasteiger partial charge in [-0.1, -0.05) is 17.7 Å². The molecule has 57 valence electrons. The molecule has 1 aliphatic carbocycles. The molecule has 0 atom stereocenters. The van der Waals surface area contributed by atoms with Gasteiger partial charge in [0.25, 0.3) is 0 Å². The standard InChI is InChI=1S/C10H10Cl/c11-10-6-5-8-3-1-2-4-9(8)7-10/h3,5-7H,1-2,4H2. The molecule has 0 nitrogen and oxygen atoms in total. The van der Waals surface area contributed by atoms with Crippen LogP contribution in [0.5, 0.6) is 0 Å². The predicted molar refractivity (Wildman–Crippen MR) is 47.8 cm³/mol. The van der Waals surface area contributed by atoms with Crippen LogP contribution >= 0.6 is 11.6 Å². The molecular formula is C10H10Cl.